The molecule has 138 valence electrons. The van der Waals surface area contributed by atoms with Gasteiger partial charge in [-0.3, -0.25) is 9.05 Å². The van der Waals surface area contributed by atoms with Gasteiger partial charge in [0.05, 0.1) is 13.2 Å². The van der Waals surface area contributed by atoms with Crippen molar-refractivity contribution in [3.63, 3.8) is 0 Å². The van der Waals surface area contributed by atoms with Gasteiger partial charge in [0.1, 0.15) is 12.4 Å². The number of ether oxygens (including phenoxy) is 1. The standard InChI is InChI=1S/C19H27O5P/c1-2-3-4-5-8-14-23-25(20,21)24-16-15-22-19-13-9-11-17-10-6-7-12-18(17)19/h6-7,9-13H,2-5,8,14-16H2,1H3,(H,20,21). The lowest BCUT2D eigenvalue weighted by Crippen LogP contribution is -2.07. The average molecular weight is 366 g/mol. The molecule has 0 bridgehead atoms. The summed E-state index contributed by atoms with van der Waals surface area (Å²) in [7, 11) is -4.00. The summed E-state index contributed by atoms with van der Waals surface area (Å²) in [5, 5.41) is 2.08. The van der Waals surface area contributed by atoms with Gasteiger partial charge < -0.3 is 9.63 Å². The van der Waals surface area contributed by atoms with Gasteiger partial charge in [-0.1, -0.05) is 69.0 Å². The molecule has 0 heterocycles. The maximum atomic E-state index is 11.8. The first-order valence-electron chi connectivity index (χ1n) is 8.85. The van der Waals surface area contributed by atoms with Crippen LogP contribution in [0.15, 0.2) is 42.5 Å². The average Bonchev–Trinajstić information content (AvgIpc) is 2.62. The number of hydrogen-bond donors (Lipinski definition) is 1. The van der Waals surface area contributed by atoms with E-state index in [9.17, 15) is 9.46 Å². The van der Waals surface area contributed by atoms with Crippen molar-refractivity contribution in [2.75, 3.05) is 19.8 Å². The van der Waals surface area contributed by atoms with Crippen LogP contribution in [0.5, 0.6) is 5.75 Å². The van der Waals surface area contributed by atoms with Gasteiger partial charge >= 0.3 is 7.82 Å². The van der Waals surface area contributed by atoms with Crippen LogP contribution in [-0.4, -0.2) is 24.7 Å². The topological polar surface area (TPSA) is 65.0 Å². The van der Waals surface area contributed by atoms with Crippen molar-refractivity contribution < 1.29 is 23.2 Å². The van der Waals surface area contributed by atoms with Crippen LogP contribution >= 0.6 is 7.82 Å². The Morgan fingerprint density at radius 1 is 0.880 bits per heavy atom. The predicted molar refractivity (Wildman–Crippen MR) is 99.9 cm³/mol. The molecular weight excluding hydrogens is 339 g/mol. The van der Waals surface area contributed by atoms with E-state index < -0.39 is 7.82 Å². The number of phosphoric acid groups is 1. The molecule has 0 aliphatic heterocycles. The van der Waals surface area contributed by atoms with E-state index in [1.807, 2.05) is 42.5 Å². The van der Waals surface area contributed by atoms with E-state index in [1.54, 1.807) is 0 Å². The normalized spacial score (nSPS) is 13.7. The van der Waals surface area contributed by atoms with Gasteiger partial charge in [-0.25, -0.2) is 4.57 Å². The Kier molecular flexibility index (Phi) is 8.42. The quantitative estimate of drug-likeness (QED) is 0.407. The Morgan fingerprint density at radius 2 is 1.60 bits per heavy atom. The van der Waals surface area contributed by atoms with Gasteiger partial charge in [0.2, 0.25) is 0 Å². The number of hydrogen-bond acceptors (Lipinski definition) is 4. The van der Waals surface area contributed by atoms with E-state index in [0.717, 1.165) is 35.8 Å². The van der Waals surface area contributed by atoms with Crippen molar-refractivity contribution in [1.29, 1.82) is 0 Å². The third kappa shape index (κ3) is 7.17. The van der Waals surface area contributed by atoms with Crippen LogP contribution in [-0.2, 0) is 13.6 Å². The third-order valence-corrected chi connectivity index (χ3v) is 4.87. The zero-order valence-corrected chi connectivity index (χ0v) is 15.6. The Morgan fingerprint density at radius 3 is 2.44 bits per heavy atom. The number of rotatable bonds is 12. The molecule has 0 amide bonds. The molecule has 2 aromatic rings. The van der Waals surface area contributed by atoms with Gasteiger partial charge in [-0.05, 0) is 17.9 Å². The maximum Gasteiger partial charge on any atom is 0.472 e. The fraction of sp³-hybridized carbons (Fsp3) is 0.474. The molecule has 5 nitrogen and oxygen atoms in total. The Balaban J connectivity index is 1.68. The van der Waals surface area contributed by atoms with Crippen molar-refractivity contribution in [2.45, 2.75) is 39.0 Å². The Bertz CT molecular complexity index is 683. The molecule has 0 radical (unpaired) electrons. The van der Waals surface area contributed by atoms with Crippen LogP contribution < -0.4 is 4.74 Å². The minimum Gasteiger partial charge on any atom is -0.491 e. The highest BCUT2D eigenvalue weighted by Crippen LogP contribution is 2.43. The second kappa shape index (κ2) is 10.6. The first-order chi connectivity index (χ1) is 12.1. The lowest BCUT2D eigenvalue weighted by atomic mass is 10.1. The maximum absolute atomic E-state index is 11.8. The van der Waals surface area contributed by atoms with Crippen LogP contribution in [0.1, 0.15) is 39.0 Å². The van der Waals surface area contributed by atoms with Crippen LogP contribution in [0, 0.1) is 0 Å². The smallest absolute Gasteiger partial charge is 0.472 e. The molecule has 0 aliphatic rings. The molecule has 2 aromatic carbocycles. The minimum absolute atomic E-state index is 0.00711. The van der Waals surface area contributed by atoms with E-state index in [2.05, 4.69) is 6.92 Å². The number of phosphoric ester groups is 1. The van der Waals surface area contributed by atoms with Gasteiger partial charge in [-0.15, -0.1) is 0 Å². The third-order valence-electron chi connectivity index (χ3n) is 3.85. The molecule has 1 unspecified atom stereocenters. The molecule has 25 heavy (non-hydrogen) atoms. The summed E-state index contributed by atoms with van der Waals surface area (Å²) in [5.41, 5.74) is 0. The first-order valence-corrected chi connectivity index (χ1v) is 10.3. The van der Waals surface area contributed by atoms with Gasteiger partial charge in [0.15, 0.2) is 0 Å². The van der Waals surface area contributed by atoms with Gasteiger partial charge in [0, 0.05) is 5.39 Å². The van der Waals surface area contributed by atoms with Gasteiger partial charge in [-0.2, -0.15) is 0 Å². The molecule has 0 fully saturated rings. The fourth-order valence-electron chi connectivity index (χ4n) is 2.55. The summed E-state index contributed by atoms with van der Waals surface area (Å²) in [6.45, 7) is 2.56. The van der Waals surface area contributed by atoms with E-state index in [0.29, 0.717) is 0 Å². The largest absolute Gasteiger partial charge is 0.491 e. The van der Waals surface area contributed by atoms with Crippen molar-refractivity contribution in [2.24, 2.45) is 0 Å². The predicted octanol–water partition coefficient (Wildman–Crippen LogP) is 5.32. The molecule has 0 spiro atoms. The molecule has 1 atom stereocenters. The highest BCUT2D eigenvalue weighted by Gasteiger charge is 2.20. The molecule has 0 saturated heterocycles. The molecule has 2 rings (SSSR count). The van der Waals surface area contributed by atoms with Crippen LogP contribution in [0.2, 0.25) is 0 Å². The molecule has 0 aromatic heterocycles. The monoisotopic (exact) mass is 366 g/mol. The summed E-state index contributed by atoms with van der Waals surface area (Å²) in [6.07, 6.45) is 5.23. The van der Waals surface area contributed by atoms with Crippen molar-refractivity contribution in [3.05, 3.63) is 42.5 Å². The van der Waals surface area contributed by atoms with Crippen molar-refractivity contribution in [1.82, 2.24) is 0 Å². The van der Waals surface area contributed by atoms with Crippen LogP contribution in [0.25, 0.3) is 10.8 Å². The summed E-state index contributed by atoms with van der Waals surface area (Å²) >= 11 is 0. The molecular formula is C19H27O5P. The summed E-state index contributed by atoms with van der Waals surface area (Å²) in [4.78, 5) is 9.64. The van der Waals surface area contributed by atoms with E-state index in [1.165, 1.54) is 12.8 Å². The lowest BCUT2D eigenvalue weighted by Gasteiger charge is -2.13. The minimum atomic E-state index is -4.00. The van der Waals surface area contributed by atoms with Crippen molar-refractivity contribution in [3.8, 4) is 5.75 Å². The number of benzene rings is 2. The molecule has 0 aliphatic carbocycles. The molecule has 0 saturated carbocycles. The molecule has 6 heteroatoms. The highest BCUT2D eigenvalue weighted by atomic mass is 31.2. The van der Waals surface area contributed by atoms with E-state index in [-0.39, 0.29) is 19.8 Å². The second-order valence-electron chi connectivity index (χ2n) is 5.87. The summed E-state index contributed by atoms with van der Waals surface area (Å²) in [5.74, 6) is 0.728. The Hall–Kier alpha value is -1.39. The number of unbranched alkanes of at least 4 members (excludes halogenated alkanes) is 4. The number of fused-ring (bicyclic) bond motifs is 1. The molecule has 1 N–H and O–H groups in total. The Labute approximate surface area is 149 Å². The first kappa shape index (κ1) is 19.9. The summed E-state index contributed by atoms with van der Waals surface area (Å²) in [6, 6.07) is 13.7. The fourth-order valence-corrected chi connectivity index (χ4v) is 3.29. The van der Waals surface area contributed by atoms with E-state index >= 15 is 0 Å². The van der Waals surface area contributed by atoms with Gasteiger partial charge in [0.25, 0.3) is 0 Å². The summed E-state index contributed by atoms with van der Waals surface area (Å²) < 4.78 is 27.4. The van der Waals surface area contributed by atoms with Crippen LogP contribution in [0.3, 0.4) is 0 Å². The second-order valence-corrected chi connectivity index (χ2v) is 7.33. The highest BCUT2D eigenvalue weighted by molar-refractivity contribution is 7.47. The van der Waals surface area contributed by atoms with Crippen molar-refractivity contribution >= 4 is 18.6 Å². The zero-order valence-electron chi connectivity index (χ0n) is 14.7. The lowest BCUT2D eigenvalue weighted by molar-refractivity contribution is 0.128. The SMILES string of the molecule is CCCCCCCOP(=O)(O)OCCOc1cccc2ccccc12. The van der Waals surface area contributed by atoms with E-state index in [4.69, 9.17) is 13.8 Å². The van der Waals surface area contributed by atoms with Crippen LogP contribution in [0.4, 0.5) is 0 Å². The zero-order chi connectivity index (χ0) is 18.0.